The molecule has 0 aliphatic heterocycles. The molecular weight excluding hydrogens is 398 g/mol. The van der Waals surface area contributed by atoms with Gasteiger partial charge in [0.25, 0.3) is 5.91 Å². The van der Waals surface area contributed by atoms with E-state index in [2.05, 4.69) is 23.1 Å². The Kier molecular flexibility index (Phi) is 6.78. The van der Waals surface area contributed by atoms with Gasteiger partial charge in [-0.1, -0.05) is 25.5 Å². The zero-order chi connectivity index (χ0) is 21.5. The molecule has 0 aliphatic carbocycles. The third kappa shape index (κ3) is 4.82. The number of aromatic hydroxyl groups is 1. The van der Waals surface area contributed by atoms with Gasteiger partial charge in [0.15, 0.2) is 0 Å². The zero-order valence-electron chi connectivity index (χ0n) is 16.4. The highest BCUT2D eigenvalue weighted by Gasteiger charge is 2.13. The molecule has 0 radical (unpaired) electrons. The average molecular weight is 420 g/mol. The number of nitriles is 1. The van der Waals surface area contributed by atoms with Gasteiger partial charge in [-0.2, -0.15) is 10.4 Å². The van der Waals surface area contributed by atoms with Crippen molar-refractivity contribution in [1.82, 2.24) is 4.68 Å². The molecule has 0 spiro atoms. The van der Waals surface area contributed by atoms with Crippen LogP contribution in [0, 0.1) is 11.3 Å². The van der Waals surface area contributed by atoms with Gasteiger partial charge in [-0.05, 0) is 42.3 Å². The third-order valence-corrected chi connectivity index (χ3v) is 5.22. The zero-order valence-corrected chi connectivity index (χ0v) is 17.3. The number of phenols is 1. The van der Waals surface area contributed by atoms with Crippen LogP contribution in [-0.2, 0) is 0 Å². The molecule has 3 rings (SSSR count). The average Bonchev–Trinajstić information content (AvgIpc) is 3.15. The van der Waals surface area contributed by atoms with Gasteiger partial charge in [-0.15, -0.1) is 11.3 Å². The van der Waals surface area contributed by atoms with Crippen molar-refractivity contribution in [3.63, 3.8) is 0 Å². The van der Waals surface area contributed by atoms with Gasteiger partial charge in [-0.3, -0.25) is 9.79 Å². The highest BCUT2D eigenvalue weighted by Crippen LogP contribution is 2.26. The van der Waals surface area contributed by atoms with Crippen LogP contribution in [0.2, 0.25) is 0 Å². The third-order valence-electron chi connectivity index (χ3n) is 4.36. The Balaban J connectivity index is 2.07. The lowest BCUT2D eigenvalue weighted by molar-refractivity contribution is 0.0998. The number of rotatable bonds is 7. The summed E-state index contributed by atoms with van der Waals surface area (Å²) in [5, 5.41) is 25.3. The number of hydrogen-bond acceptors (Lipinski definition) is 6. The summed E-state index contributed by atoms with van der Waals surface area (Å²) in [5.74, 6) is -0.868. The van der Waals surface area contributed by atoms with Crippen molar-refractivity contribution >= 4 is 23.5 Å². The van der Waals surface area contributed by atoms with Gasteiger partial charge in [0.1, 0.15) is 5.75 Å². The van der Waals surface area contributed by atoms with Crippen LogP contribution in [0.3, 0.4) is 0 Å². The van der Waals surface area contributed by atoms with Crippen LogP contribution < -0.4 is 10.5 Å². The van der Waals surface area contributed by atoms with Crippen LogP contribution in [0.25, 0.3) is 11.3 Å². The van der Waals surface area contributed by atoms with Gasteiger partial charge in [0.05, 0.1) is 29.1 Å². The summed E-state index contributed by atoms with van der Waals surface area (Å²) < 4.78 is 1.70. The first-order valence-electron chi connectivity index (χ1n) is 9.42. The van der Waals surface area contributed by atoms with Crippen LogP contribution in [-0.4, -0.2) is 28.4 Å². The first-order chi connectivity index (χ1) is 14.5. The van der Waals surface area contributed by atoms with Crippen LogP contribution in [0.4, 0.5) is 0 Å². The van der Waals surface area contributed by atoms with Gasteiger partial charge in [0, 0.05) is 17.5 Å². The molecule has 0 atom stereocenters. The molecule has 0 aliphatic rings. The molecule has 30 heavy (non-hydrogen) atoms. The van der Waals surface area contributed by atoms with E-state index >= 15 is 0 Å². The Labute approximate surface area is 178 Å². The molecule has 1 heterocycles. The second-order valence-corrected chi connectivity index (χ2v) is 7.36. The highest BCUT2D eigenvalue weighted by molar-refractivity contribution is 7.07. The van der Waals surface area contributed by atoms with E-state index in [-0.39, 0.29) is 11.3 Å². The molecule has 152 valence electrons. The fourth-order valence-corrected chi connectivity index (χ4v) is 3.58. The number of benzene rings is 2. The highest BCUT2D eigenvalue weighted by atomic mass is 32.1. The molecule has 0 saturated heterocycles. The van der Waals surface area contributed by atoms with Crippen molar-refractivity contribution in [1.29, 1.82) is 5.26 Å². The van der Waals surface area contributed by atoms with Crippen molar-refractivity contribution in [2.24, 2.45) is 15.8 Å². The lowest BCUT2D eigenvalue weighted by Crippen LogP contribution is -2.14. The number of thiazole rings is 1. The monoisotopic (exact) mass is 419 g/mol. The molecule has 0 bridgehead atoms. The Hall–Kier alpha value is -3.70. The number of hydrogen-bond donors (Lipinski definition) is 2. The van der Waals surface area contributed by atoms with Crippen molar-refractivity contribution < 1.29 is 9.90 Å². The van der Waals surface area contributed by atoms with E-state index in [0.29, 0.717) is 17.7 Å². The number of nitrogens with zero attached hydrogens (tertiary/aromatic N) is 4. The van der Waals surface area contributed by atoms with E-state index in [4.69, 9.17) is 11.0 Å². The second-order valence-electron chi connectivity index (χ2n) is 6.53. The number of carbonyl (C=O) groups is 1. The molecule has 0 unspecified atom stereocenters. The Morgan fingerprint density at radius 1 is 1.30 bits per heavy atom. The van der Waals surface area contributed by atoms with Crippen LogP contribution in [0.5, 0.6) is 5.75 Å². The minimum Gasteiger partial charge on any atom is -0.507 e. The van der Waals surface area contributed by atoms with Gasteiger partial charge in [-0.25, -0.2) is 4.68 Å². The lowest BCUT2D eigenvalue weighted by atomic mass is 10.1. The molecule has 2 aromatic carbocycles. The molecule has 8 heteroatoms. The Bertz CT molecular complexity index is 1180. The molecule has 1 aromatic heterocycles. The Morgan fingerprint density at radius 3 is 2.73 bits per heavy atom. The van der Waals surface area contributed by atoms with Gasteiger partial charge in [0.2, 0.25) is 4.80 Å². The van der Waals surface area contributed by atoms with E-state index in [9.17, 15) is 9.90 Å². The molecule has 3 N–H and O–H groups in total. The van der Waals surface area contributed by atoms with Crippen LogP contribution in [0.1, 0.15) is 41.3 Å². The van der Waals surface area contributed by atoms with Gasteiger partial charge >= 0.3 is 0 Å². The Morgan fingerprint density at radius 2 is 2.07 bits per heavy atom. The van der Waals surface area contributed by atoms with E-state index in [0.717, 1.165) is 28.9 Å². The molecule has 0 fully saturated rings. The van der Waals surface area contributed by atoms with Crippen LogP contribution >= 0.6 is 11.3 Å². The maximum atomic E-state index is 11.6. The number of aromatic nitrogens is 1. The number of nitrogens with two attached hydrogens (primary N) is 1. The predicted octanol–water partition coefficient (Wildman–Crippen LogP) is 3.48. The SMILES string of the molecule is CCCCN=c1scc(-c2ccc(O)c(C(N)=O)c2)n1/N=C\c1ccc(C#N)cc1. The fraction of sp³-hybridized carbons (Fsp3) is 0.182. The molecule has 1 amide bonds. The molecule has 0 saturated carbocycles. The minimum atomic E-state index is -0.704. The summed E-state index contributed by atoms with van der Waals surface area (Å²) >= 11 is 1.44. The smallest absolute Gasteiger partial charge is 0.252 e. The summed E-state index contributed by atoms with van der Waals surface area (Å²) in [6.45, 7) is 2.79. The van der Waals surface area contributed by atoms with Crippen molar-refractivity contribution in [2.45, 2.75) is 19.8 Å². The quantitative estimate of drug-likeness (QED) is 0.451. The standard InChI is InChI=1S/C22H21N5O2S/c1-2-3-10-25-22-27(26-13-16-6-4-15(12-23)5-7-16)19(14-30-22)17-8-9-20(28)18(11-17)21(24)29/h4-9,11,13-14,28H,2-3,10H2,1H3,(H2,24,29)/b25-22?,26-13-. The number of unbranched alkanes of at least 4 members (excludes halogenated alkanes) is 1. The van der Waals surface area contributed by atoms with E-state index in [1.807, 2.05) is 17.5 Å². The fourth-order valence-electron chi connectivity index (χ4n) is 2.71. The first-order valence-corrected chi connectivity index (χ1v) is 10.3. The summed E-state index contributed by atoms with van der Waals surface area (Å²) in [7, 11) is 0. The summed E-state index contributed by atoms with van der Waals surface area (Å²) in [6.07, 6.45) is 3.69. The summed E-state index contributed by atoms with van der Waals surface area (Å²) in [5.41, 5.74) is 8.24. The number of amides is 1. The molecule has 3 aromatic rings. The normalized spacial score (nSPS) is 11.7. The topological polar surface area (TPSA) is 117 Å². The van der Waals surface area contributed by atoms with E-state index in [1.54, 1.807) is 35.2 Å². The first kappa shape index (κ1) is 21.0. The van der Waals surface area contributed by atoms with Crippen molar-refractivity contribution in [3.8, 4) is 23.1 Å². The van der Waals surface area contributed by atoms with Crippen molar-refractivity contribution in [2.75, 3.05) is 6.54 Å². The van der Waals surface area contributed by atoms with E-state index < -0.39 is 5.91 Å². The lowest BCUT2D eigenvalue weighted by Gasteiger charge is -2.06. The minimum absolute atomic E-state index is 0.0470. The van der Waals surface area contributed by atoms with E-state index in [1.165, 1.54) is 17.4 Å². The maximum Gasteiger partial charge on any atom is 0.252 e. The summed E-state index contributed by atoms with van der Waals surface area (Å²) in [6, 6.07) is 13.9. The largest absolute Gasteiger partial charge is 0.507 e. The molecule has 7 nitrogen and oxygen atoms in total. The second kappa shape index (κ2) is 9.67. The van der Waals surface area contributed by atoms with Gasteiger partial charge < -0.3 is 10.8 Å². The van der Waals surface area contributed by atoms with Crippen molar-refractivity contribution in [3.05, 3.63) is 69.3 Å². The predicted molar refractivity (Wildman–Crippen MR) is 117 cm³/mol. The number of carbonyl (C=O) groups excluding carboxylic acids is 1. The maximum absolute atomic E-state index is 11.6. The van der Waals surface area contributed by atoms with Crippen LogP contribution in [0.15, 0.2) is 57.9 Å². The molecular formula is C22H21N5O2S. The number of primary amides is 1. The summed E-state index contributed by atoms with van der Waals surface area (Å²) in [4.78, 5) is 17.0.